The van der Waals surface area contributed by atoms with Crippen molar-refractivity contribution in [2.24, 2.45) is 5.92 Å². The van der Waals surface area contributed by atoms with Gasteiger partial charge in [0.25, 0.3) is 0 Å². The van der Waals surface area contributed by atoms with Gasteiger partial charge in [-0.3, -0.25) is 0 Å². The van der Waals surface area contributed by atoms with E-state index in [-0.39, 0.29) is 12.4 Å². The minimum Gasteiger partial charge on any atom is -0.316 e. The standard InChI is InChI=1S/C16H21N3O2S2.ClH/c1-12-11-22-16(19-12)14-5-2-6-15(8-14)23(20,21)18-10-13-4-3-7-17-9-13;/h2,5-6,8,11,13,17-18H,3-4,7,9-10H2,1H3;1H. The number of sulfonamides is 1. The van der Waals surface area contributed by atoms with Crippen molar-refractivity contribution in [1.82, 2.24) is 15.0 Å². The largest absolute Gasteiger partial charge is 0.316 e. The third kappa shape index (κ3) is 4.77. The van der Waals surface area contributed by atoms with Crippen LogP contribution in [0.1, 0.15) is 18.5 Å². The number of hydrogen-bond donors (Lipinski definition) is 2. The minimum atomic E-state index is -3.48. The maximum Gasteiger partial charge on any atom is 0.240 e. The first-order valence-corrected chi connectivity index (χ1v) is 10.1. The van der Waals surface area contributed by atoms with E-state index in [1.165, 1.54) is 11.3 Å². The molecular formula is C16H22ClN3O2S2. The van der Waals surface area contributed by atoms with Crippen LogP contribution in [0.2, 0.25) is 0 Å². The summed E-state index contributed by atoms with van der Waals surface area (Å²) in [5.41, 5.74) is 1.78. The van der Waals surface area contributed by atoms with Crippen molar-refractivity contribution in [2.45, 2.75) is 24.7 Å². The molecule has 1 aromatic heterocycles. The molecule has 0 spiro atoms. The van der Waals surface area contributed by atoms with Gasteiger partial charge in [0, 0.05) is 23.2 Å². The third-order valence-electron chi connectivity index (χ3n) is 3.97. The molecule has 1 aliphatic heterocycles. The van der Waals surface area contributed by atoms with Crippen LogP contribution in [-0.2, 0) is 10.0 Å². The van der Waals surface area contributed by atoms with Crippen LogP contribution in [0.15, 0.2) is 34.5 Å². The van der Waals surface area contributed by atoms with Crippen molar-refractivity contribution >= 4 is 33.8 Å². The SMILES string of the molecule is Cc1csc(-c2cccc(S(=O)(=O)NCC3CCCNC3)c2)n1.Cl. The normalized spacial score (nSPS) is 18.1. The van der Waals surface area contributed by atoms with Crippen molar-refractivity contribution in [2.75, 3.05) is 19.6 Å². The van der Waals surface area contributed by atoms with Gasteiger partial charge in [-0.25, -0.2) is 18.1 Å². The average Bonchev–Trinajstić information content (AvgIpc) is 3.01. The monoisotopic (exact) mass is 387 g/mol. The molecule has 0 bridgehead atoms. The Bertz CT molecular complexity index is 771. The van der Waals surface area contributed by atoms with Crippen LogP contribution in [-0.4, -0.2) is 33.0 Å². The summed E-state index contributed by atoms with van der Waals surface area (Å²) in [6.07, 6.45) is 2.17. The number of hydrogen-bond acceptors (Lipinski definition) is 5. The Hall–Kier alpha value is -0.990. The number of nitrogens with one attached hydrogen (secondary N) is 2. The Balaban J connectivity index is 0.00000208. The highest BCUT2D eigenvalue weighted by Crippen LogP contribution is 2.25. The van der Waals surface area contributed by atoms with Gasteiger partial charge in [0.15, 0.2) is 0 Å². The second kappa shape index (κ2) is 8.40. The number of benzene rings is 1. The number of halogens is 1. The summed E-state index contributed by atoms with van der Waals surface area (Å²) in [6, 6.07) is 6.98. The summed E-state index contributed by atoms with van der Waals surface area (Å²) in [6.45, 7) is 4.32. The molecular weight excluding hydrogens is 366 g/mol. The molecule has 0 amide bonds. The van der Waals surface area contributed by atoms with Gasteiger partial charge in [-0.05, 0) is 50.9 Å². The van der Waals surface area contributed by atoms with Gasteiger partial charge in [0.05, 0.1) is 4.90 Å². The highest BCUT2D eigenvalue weighted by molar-refractivity contribution is 7.89. The van der Waals surface area contributed by atoms with Gasteiger partial charge >= 0.3 is 0 Å². The molecule has 0 radical (unpaired) electrons. The van der Waals surface area contributed by atoms with E-state index in [1.54, 1.807) is 18.2 Å². The summed E-state index contributed by atoms with van der Waals surface area (Å²) >= 11 is 1.52. The number of nitrogens with zero attached hydrogens (tertiary/aromatic N) is 1. The van der Waals surface area contributed by atoms with Crippen LogP contribution in [0.5, 0.6) is 0 Å². The third-order valence-corrected chi connectivity index (χ3v) is 6.40. The van der Waals surface area contributed by atoms with Gasteiger partial charge in [-0.2, -0.15) is 0 Å². The van der Waals surface area contributed by atoms with Crippen LogP contribution >= 0.6 is 23.7 Å². The van der Waals surface area contributed by atoms with Crippen molar-refractivity contribution in [1.29, 1.82) is 0 Å². The molecule has 1 fully saturated rings. The van der Waals surface area contributed by atoms with E-state index in [0.717, 1.165) is 42.2 Å². The topological polar surface area (TPSA) is 71.1 Å². The van der Waals surface area contributed by atoms with E-state index in [9.17, 15) is 8.42 Å². The summed E-state index contributed by atoms with van der Waals surface area (Å²) < 4.78 is 27.8. The second-order valence-corrected chi connectivity index (χ2v) is 8.51. The average molecular weight is 388 g/mol. The van der Waals surface area contributed by atoms with Gasteiger partial charge in [-0.15, -0.1) is 23.7 Å². The van der Waals surface area contributed by atoms with Gasteiger partial charge in [-0.1, -0.05) is 12.1 Å². The fourth-order valence-corrected chi connectivity index (χ4v) is 4.65. The van der Waals surface area contributed by atoms with Crippen LogP contribution in [0.3, 0.4) is 0 Å². The van der Waals surface area contributed by atoms with E-state index < -0.39 is 10.0 Å². The number of aromatic nitrogens is 1. The van der Waals surface area contributed by atoms with E-state index in [2.05, 4.69) is 15.0 Å². The molecule has 1 saturated heterocycles. The summed E-state index contributed by atoms with van der Waals surface area (Å²) in [5.74, 6) is 0.364. The Morgan fingerprint density at radius 2 is 2.25 bits per heavy atom. The first-order chi connectivity index (χ1) is 11.0. The lowest BCUT2D eigenvalue weighted by atomic mass is 10.0. The molecule has 5 nitrogen and oxygen atoms in total. The smallest absolute Gasteiger partial charge is 0.240 e. The summed E-state index contributed by atoms with van der Waals surface area (Å²) in [4.78, 5) is 4.72. The summed E-state index contributed by atoms with van der Waals surface area (Å²) in [5, 5.41) is 6.11. The van der Waals surface area contributed by atoms with E-state index in [0.29, 0.717) is 17.4 Å². The van der Waals surface area contributed by atoms with Gasteiger partial charge < -0.3 is 5.32 Å². The molecule has 0 aliphatic carbocycles. The van der Waals surface area contributed by atoms with Crippen LogP contribution in [0, 0.1) is 12.8 Å². The van der Waals surface area contributed by atoms with Gasteiger partial charge in [0.1, 0.15) is 5.01 Å². The highest BCUT2D eigenvalue weighted by Gasteiger charge is 2.19. The Kier molecular flexibility index (Phi) is 6.77. The van der Waals surface area contributed by atoms with E-state index in [1.807, 2.05) is 18.4 Å². The first kappa shape index (κ1) is 19.3. The molecule has 8 heteroatoms. The lowest BCUT2D eigenvalue weighted by Crippen LogP contribution is -2.38. The molecule has 1 aromatic carbocycles. The zero-order valence-electron chi connectivity index (χ0n) is 13.5. The lowest BCUT2D eigenvalue weighted by molar-refractivity contribution is 0.376. The Labute approximate surface area is 153 Å². The van der Waals surface area contributed by atoms with Crippen LogP contribution in [0.25, 0.3) is 10.6 Å². The molecule has 1 atom stereocenters. The Morgan fingerprint density at radius 1 is 1.42 bits per heavy atom. The molecule has 3 rings (SSSR count). The molecule has 1 unspecified atom stereocenters. The van der Waals surface area contributed by atoms with Crippen molar-refractivity contribution < 1.29 is 8.42 Å². The fraction of sp³-hybridized carbons (Fsp3) is 0.438. The van der Waals surface area contributed by atoms with Gasteiger partial charge in [0.2, 0.25) is 10.0 Å². The van der Waals surface area contributed by atoms with Crippen LogP contribution in [0.4, 0.5) is 0 Å². The zero-order chi connectivity index (χ0) is 16.3. The highest BCUT2D eigenvalue weighted by atomic mass is 35.5. The lowest BCUT2D eigenvalue weighted by Gasteiger charge is -2.22. The fourth-order valence-electron chi connectivity index (χ4n) is 2.69. The molecule has 0 saturated carbocycles. The molecule has 2 heterocycles. The predicted molar refractivity (Wildman–Crippen MR) is 100 cm³/mol. The van der Waals surface area contributed by atoms with Crippen molar-refractivity contribution in [3.8, 4) is 10.6 Å². The van der Waals surface area contributed by atoms with Crippen molar-refractivity contribution in [3.63, 3.8) is 0 Å². The second-order valence-electron chi connectivity index (χ2n) is 5.89. The maximum atomic E-state index is 12.5. The minimum absolute atomic E-state index is 0. The molecule has 1 aliphatic rings. The molecule has 24 heavy (non-hydrogen) atoms. The molecule has 2 aromatic rings. The number of piperidine rings is 1. The zero-order valence-corrected chi connectivity index (χ0v) is 15.9. The molecule has 2 N–H and O–H groups in total. The predicted octanol–water partition coefficient (Wildman–Crippen LogP) is 2.82. The summed E-state index contributed by atoms with van der Waals surface area (Å²) in [7, 11) is -3.48. The van der Waals surface area contributed by atoms with E-state index >= 15 is 0 Å². The van der Waals surface area contributed by atoms with Crippen LogP contribution < -0.4 is 10.0 Å². The maximum absolute atomic E-state index is 12.5. The number of aryl methyl sites for hydroxylation is 1. The Morgan fingerprint density at radius 3 is 2.92 bits per heavy atom. The van der Waals surface area contributed by atoms with Crippen molar-refractivity contribution in [3.05, 3.63) is 35.3 Å². The molecule has 132 valence electrons. The first-order valence-electron chi connectivity index (χ1n) is 7.77. The van der Waals surface area contributed by atoms with E-state index in [4.69, 9.17) is 0 Å². The number of rotatable bonds is 5. The number of thiazole rings is 1. The quantitative estimate of drug-likeness (QED) is 0.827.